The summed E-state index contributed by atoms with van der Waals surface area (Å²) in [6.45, 7) is 2.27. The number of hydrogen-bond acceptors (Lipinski definition) is 4. The molecular weight excluding hydrogens is 378 g/mol. The fourth-order valence-electron chi connectivity index (χ4n) is 4.50. The Hall–Kier alpha value is -3.08. The van der Waals surface area contributed by atoms with Gasteiger partial charge in [-0.05, 0) is 54.9 Å². The van der Waals surface area contributed by atoms with Gasteiger partial charge in [-0.15, -0.1) is 0 Å². The minimum Gasteiger partial charge on any atom is -0.464 e. The second-order valence-electron chi connectivity index (χ2n) is 7.80. The molecule has 0 radical (unpaired) electrons. The lowest BCUT2D eigenvalue weighted by Gasteiger charge is -2.31. The summed E-state index contributed by atoms with van der Waals surface area (Å²) in [7, 11) is 0. The van der Waals surface area contributed by atoms with E-state index < -0.39 is 11.6 Å². The number of rotatable bonds is 5. The van der Waals surface area contributed by atoms with Crippen molar-refractivity contribution in [2.45, 2.75) is 44.1 Å². The van der Waals surface area contributed by atoms with Crippen LogP contribution in [0.2, 0.25) is 0 Å². The van der Waals surface area contributed by atoms with Gasteiger partial charge in [0, 0.05) is 5.92 Å². The summed E-state index contributed by atoms with van der Waals surface area (Å²) in [6.07, 6.45) is 5.94. The van der Waals surface area contributed by atoms with E-state index >= 15 is 0 Å². The molecule has 0 aromatic heterocycles. The highest BCUT2D eigenvalue weighted by atomic mass is 16.6. The van der Waals surface area contributed by atoms with Crippen molar-refractivity contribution in [1.82, 2.24) is 5.32 Å². The van der Waals surface area contributed by atoms with Crippen LogP contribution in [0.3, 0.4) is 0 Å². The molecule has 0 heterocycles. The second kappa shape index (κ2) is 8.74. The normalized spacial score (nSPS) is 16.8. The number of benzene rings is 2. The van der Waals surface area contributed by atoms with Gasteiger partial charge in [-0.1, -0.05) is 60.7 Å². The molecule has 0 saturated heterocycles. The summed E-state index contributed by atoms with van der Waals surface area (Å²) in [5, 5.41) is 2.85. The van der Waals surface area contributed by atoms with Crippen molar-refractivity contribution in [3.8, 4) is 11.1 Å². The van der Waals surface area contributed by atoms with Crippen LogP contribution in [0.5, 0.6) is 0 Å². The predicted molar refractivity (Wildman–Crippen MR) is 115 cm³/mol. The Labute approximate surface area is 177 Å². The van der Waals surface area contributed by atoms with Crippen molar-refractivity contribution in [1.29, 1.82) is 0 Å². The van der Waals surface area contributed by atoms with Crippen LogP contribution >= 0.6 is 0 Å². The highest BCUT2D eigenvalue weighted by Gasteiger charge is 2.41. The molecule has 5 nitrogen and oxygen atoms in total. The van der Waals surface area contributed by atoms with Gasteiger partial charge >= 0.3 is 12.1 Å². The maximum atomic E-state index is 12.8. The van der Waals surface area contributed by atoms with E-state index in [2.05, 4.69) is 29.6 Å². The van der Waals surface area contributed by atoms with Gasteiger partial charge in [0.1, 0.15) is 12.1 Å². The molecule has 1 N–H and O–H groups in total. The van der Waals surface area contributed by atoms with E-state index in [9.17, 15) is 9.59 Å². The number of amides is 1. The van der Waals surface area contributed by atoms with Crippen LogP contribution in [0.25, 0.3) is 11.1 Å². The molecule has 0 bridgehead atoms. The molecular formula is C25H27NO4. The lowest BCUT2D eigenvalue weighted by atomic mass is 9.90. The molecule has 2 aliphatic carbocycles. The van der Waals surface area contributed by atoms with Crippen LogP contribution in [-0.2, 0) is 14.3 Å². The average Bonchev–Trinajstić information content (AvgIpc) is 2.89. The Morgan fingerprint density at radius 2 is 1.50 bits per heavy atom. The maximum absolute atomic E-state index is 12.8. The Morgan fingerprint density at radius 1 is 0.933 bits per heavy atom. The van der Waals surface area contributed by atoms with E-state index in [1.165, 1.54) is 11.1 Å². The summed E-state index contributed by atoms with van der Waals surface area (Å²) in [6, 6.07) is 16.4. The molecule has 0 unspecified atom stereocenters. The van der Waals surface area contributed by atoms with Crippen LogP contribution < -0.4 is 5.32 Å². The molecule has 5 heteroatoms. The number of carbonyl (C=O) groups is 2. The predicted octanol–water partition coefficient (Wildman–Crippen LogP) is 4.96. The summed E-state index contributed by atoms with van der Waals surface area (Å²) in [5.41, 5.74) is 3.64. The number of alkyl carbamates (subject to hydrolysis) is 1. The largest absolute Gasteiger partial charge is 0.464 e. The first kappa shape index (κ1) is 20.2. The minimum atomic E-state index is -1.04. The Morgan fingerprint density at radius 3 is 2.07 bits per heavy atom. The van der Waals surface area contributed by atoms with Gasteiger partial charge < -0.3 is 14.8 Å². The topological polar surface area (TPSA) is 64.6 Å². The van der Waals surface area contributed by atoms with Gasteiger partial charge in [-0.25, -0.2) is 9.59 Å². The zero-order chi connectivity index (χ0) is 21.0. The first-order valence-corrected chi connectivity index (χ1v) is 10.6. The van der Waals surface area contributed by atoms with Crippen LogP contribution in [0.4, 0.5) is 4.79 Å². The lowest BCUT2D eigenvalue weighted by Crippen LogP contribution is -2.55. The highest BCUT2D eigenvalue weighted by Crippen LogP contribution is 2.44. The minimum absolute atomic E-state index is 0.0162. The van der Waals surface area contributed by atoms with Crippen molar-refractivity contribution in [3.05, 3.63) is 71.8 Å². The smallest absolute Gasteiger partial charge is 0.408 e. The van der Waals surface area contributed by atoms with Crippen LogP contribution in [-0.4, -0.2) is 30.8 Å². The molecule has 4 rings (SSSR count). The second-order valence-corrected chi connectivity index (χ2v) is 7.80. The van der Waals surface area contributed by atoms with Crippen LogP contribution in [0, 0.1) is 0 Å². The van der Waals surface area contributed by atoms with Crippen molar-refractivity contribution in [2.75, 3.05) is 13.2 Å². The van der Waals surface area contributed by atoms with Gasteiger partial charge in [0.25, 0.3) is 0 Å². The molecule has 30 heavy (non-hydrogen) atoms. The van der Waals surface area contributed by atoms with Gasteiger partial charge in [0.15, 0.2) is 0 Å². The first-order chi connectivity index (χ1) is 14.6. The molecule has 0 aliphatic heterocycles. The van der Waals surface area contributed by atoms with Crippen LogP contribution in [0.15, 0.2) is 60.7 Å². The third-order valence-electron chi connectivity index (χ3n) is 5.99. The van der Waals surface area contributed by atoms with E-state index in [4.69, 9.17) is 9.47 Å². The Bertz CT molecular complexity index is 910. The lowest BCUT2D eigenvalue weighted by molar-refractivity contribution is -0.151. The number of carbonyl (C=O) groups excluding carboxylic acids is 2. The van der Waals surface area contributed by atoms with E-state index in [1.807, 2.05) is 36.4 Å². The summed E-state index contributed by atoms with van der Waals surface area (Å²) < 4.78 is 10.9. The average molecular weight is 405 g/mol. The number of fused-ring (bicyclic) bond motifs is 3. The molecule has 0 fully saturated rings. The molecule has 1 amide bonds. The molecule has 0 spiro atoms. The fraction of sp³-hybridized carbons (Fsp3) is 0.360. The molecule has 0 atom stereocenters. The SMILES string of the molecule is CCOC(=O)C1(NC(=O)OCC2c3ccccc3-c3ccccc32)CCC=CCC1. The Kier molecular flexibility index (Phi) is 5.88. The third kappa shape index (κ3) is 3.84. The van der Waals surface area contributed by atoms with E-state index in [-0.39, 0.29) is 25.1 Å². The van der Waals surface area contributed by atoms with Gasteiger partial charge in [-0.3, -0.25) is 0 Å². The van der Waals surface area contributed by atoms with Gasteiger partial charge in [-0.2, -0.15) is 0 Å². The first-order valence-electron chi connectivity index (χ1n) is 10.6. The number of nitrogens with one attached hydrogen (secondary N) is 1. The number of hydrogen-bond donors (Lipinski definition) is 1. The maximum Gasteiger partial charge on any atom is 0.408 e. The summed E-state index contributed by atoms with van der Waals surface area (Å²) in [5.74, 6) is -0.403. The van der Waals surface area contributed by atoms with Crippen molar-refractivity contribution < 1.29 is 19.1 Å². The molecule has 2 aromatic rings. The standard InChI is InChI=1S/C25H27NO4/c1-2-29-23(27)25(15-9-3-4-10-16-25)26-24(28)30-17-22-20-13-7-5-11-18(20)19-12-6-8-14-21(19)22/h3-8,11-14,22H,2,9-10,15-17H2,1H3,(H,26,28). The number of ether oxygens (including phenoxy) is 2. The fourth-order valence-corrected chi connectivity index (χ4v) is 4.50. The summed E-state index contributed by atoms with van der Waals surface area (Å²) in [4.78, 5) is 25.4. The zero-order valence-corrected chi connectivity index (χ0v) is 17.2. The van der Waals surface area contributed by atoms with Gasteiger partial charge in [0.2, 0.25) is 0 Å². The molecule has 0 saturated carbocycles. The van der Waals surface area contributed by atoms with Crippen molar-refractivity contribution in [2.24, 2.45) is 0 Å². The van der Waals surface area contributed by atoms with E-state index in [1.54, 1.807) is 6.92 Å². The Balaban J connectivity index is 1.48. The number of esters is 1. The van der Waals surface area contributed by atoms with E-state index in [0.29, 0.717) is 25.7 Å². The number of allylic oxidation sites excluding steroid dienone is 2. The monoisotopic (exact) mass is 405 g/mol. The zero-order valence-electron chi connectivity index (χ0n) is 17.2. The van der Waals surface area contributed by atoms with Crippen molar-refractivity contribution >= 4 is 12.1 Å². The third-order valence-corrected chi connectivity index (χ3v) is 5.99. The molecule has 2 aromatic carbocycles. The highest BCUT2D eigenvalue weighted by molar-refractivity contribution is 5.86. The molecule has 2 aliphatic rings. The summed E-state index contributed by atoms with van der Waals surface area (Å²) >= 11 is 0. The van der Waals surface area contributed by atoms with E-state index in [0.717, 1.165) is 11.1 Å². The quantitative estimate of drug-likeness (QED) is 0.564. The van der Waals surface area contributed by atoms with Crippen LogP contribution in [0.1, 0.15) is 49.7 Å². The van der Waals surface area contributed by atoms with Gasteiger partial charge in [0.05, 0.1) is 6.61 Å². The molecule has 156 valence electrons. The van der Waals surface area contributed by atoms with Crippen molar-refractivity contribution in [3.63, 3.8) is 0 Å².